The number of hydrogen-bond donors (Lipinski definition) is 1. The first kappa shape index (κ1) is 25.1. The van der Waals surface area contributed by atoms with Gasteiger partial charge in [-0.05, 0) is 66.6 Å². The van der Waals surface area contributed by atoms with Crippen LogP contribution in [0, 0.1) is 5.82 Å². The second-order valence-electron chi connectivity index (χ2n) is 7.52. The molecule has 7 nitrogen and oxygen atoms in total. The maximum atomic E-state index is 13.5. The number of amides is 1. The van der Waals surface area contributed by atoms with Gasteiger partial charge in [-0.25, -0.2) is 17.6 Å². The van der Waals surface area contributed by atoms with E-state index in [1.54, 1.807) is 31.2 Å². The second-order valence-corrected chi connectivity index (χ2v) is 9.46. The molecule has 0 unspecified atom stereocenters. The minimum absolute atomic E-state index is 0.00961. The van der Waals surface area contributed by atoms with E-state index in [2.05, 4.69) is 5.32 Å². The Kier molecular flexibility index (Phi) is 8.14. The van der Waals surface area contributed by atoms with Gasteiger partial charge in [0.05, 0.1) is 17.1 Å². The number of halogens is 1. The quantitative estimate of drug-likeness (QED) is 0.456. The van der Waals surface area contributed by atoms with Crippen molar-refractivity contribution in [2.75, 3.05) is 11.9 Å². The molecule has 1 N–H and O–H groups in total. The summed E-state index contributed by atoms with van der Waals surface area (Å²) in [5.41, 5.74) is 2.12. The monoisotopic (exact) mass is 484 g/mol. The van der Waals surface area contributed by atoms with Crippen LogP contribution >= 0.6 is 0 Å². The van der Waals surface area contributed by atoms with Gasteiger partial charge in [-0.15, -0.1) is 0 Å². The van der Waals surface area contributed by atoms with Crippen molar-refractivity contribution in [3.8, 4) is 0 Å². The summed E-state index contributed by atoms with van der Waals surface area (Å²) in [6.45, 7) is 3.37. The summed E-state index contributed by atoms with van der Waals surface area (Å²) in [5.74, 6) is -1.13. The molecule has 0 spiro atoms. The highest BCUT2D eigenvalue weighted by Crippen LogP contribution is 2.23. The molecule has 0 aliphatic carbocycles. The number of ether oxygens (including phenoxy) is 1. The van der Waals surface area contributed by atoms with Crippen molar-refractivity contribution < 1.29 is 27.1 Å². The molecule has 0 heterocycles. The molecule has 0 radical (unpaired) electrons. The molecule has 0 atom stereocenters. The van der Waals surface area contributed by atoms with Crippen LogP contribution in [0.2, 0.25) is 0 Å². The zero-order chi connectivity index (χ0) is 24.7. The van der Waals surface area contributed by atoms with Crippen LogP contribution in [-0.4, -0.2) is 31.2 Å². The number of rotatable bonds is 9. The van der Waals surface area contributed by atoms with Crippen molar-refractivity contribution in [2.24, 2.45) is 0 Å². The fourth-order valence-corrected chi connectivity index (χ4v) is 4.66. The van der Waals surface area contributed by atoms with Crippen molar-refractivity contribution in [2.45, 2.75) is 31.8 Å². The lowest BCUT2D eigenvalue weighted by Gasteiger charge is -2.23. The molecule has 3 aromatic rings. The summed E-state index contributed by atoms with van der Waals surface area (Å²) < 4.78 is 46.6. The van der Waals surface area contributed by atoms with E-state index in [0.717, 1.165) is 0 Å². The molecule has 0 bridgehead atoms. The lowest BCUT2D eigenvalue weighted by molar-refractivity contribution is -0.114. The summed E-state index contributed by atoms with van der Waals surface area (Å²) in [6, 6.07) is 18.0. The van der Waals surface area contributed by atoms with Crippen LogP contribution < -0.4 is 5.32 Å². The molecule has 0 fully saturated rings. The SMILES string of the molecule is CCOC(=O)c1ccc(CN(Cc2ccc(F)cc2)S(=O)(=O)c2ccc(NC(C)=O)cc2)cc1. The van der Waals surface area contributed by atoms with E-state index in [-0.39, 0.29) is 30.5 Å². The van der Waals surface area contributed by atoms with Crippen molar-refractivity contribution in [1.82, 2.24) is 4.31 Å². The molecule has 178 valence electrons. The zero-order valence-corrected chi connectivity index (χ0v) is 19.6. The van der Waals surface area contributed by atoms with Gasteiger partial charge in [0.25, 0.3) is 0 Å². The molecule has 0 aliphatic rings. The first-order valence-electron chi connectivity index (χ1n) is 10.6. The van der Waals surface area contributed by atoms with Gasteiger partial charge in [0.1, 0.15) is 5.82 Å². The Balaban J connectivity index is 1.90. The summed E-state index contributed by atoms with van der Waals surface area (Å²) in [4.78, 5) is 23.2. The number of benzene rings is 3. The van der Waals surface area contributed by atoms with Crippen LogP contribution in [0.25, 0.3) is 0 Å². The Labute approximate surface area is 198 Å². The average molecular weight is 485 g/mol. The van der Waals surface area contributed by atoms with Crippen LogP contribution in [0.15, 0.2) is 77.7 Å². The molecular weight excluding hydrogens is 459 g/mol. The minimum atomic E-state index is -3.95. The lowest BCUT2D eigenvalue weighted by Crippen LogP contribution is -2.30. The van der Waals surface area contributed by atoms with Crippen molar-refractivity contribution >= 4 is 27.6 Å². The fourth-order valence-electron chi connectivity index (χ4n) is 3.25. The van der Waals surface area contributed by atoms with Crippen LogP contribution in [0.5, 0.6) is 0 Å². The van der Waals surface area contributed by atoms with E-state index in [1.165, 1.54) is 59.8 Å². The van der Waals surface area contributed by atoms with Gasteiger partial charge >= 0.3 is 5.97 Å². The van der Waals surface area contributed by atoms with Crippen molar-refractivity contribution in [3.05, 3.63) is 95.3 Å². The van der Waals surface area contributed by atoms with Crippen molar-refractivity contribution in [3.63, 3.8) is 0 Å². The number of nitrogens with one attached hydrogen (secondary N) is 1. The summed E-state index contributed by atoms with van der Waals surface area (Å²) in [5, 5.41) is 2.60. The Bertz CT molecular complexity index is 1240. The third-order valence-electron chi connectivity index (χ3n) is 4.91. The third-order valence-corrected chi connectivity index (χ3v) is 6.71. The number of esters is 1. The van der Waals surface area contributed by atoms with E-state index in [4.69, 9.17) is 4.74 Å². The molecular formula is C25H25FN2O5S. The third kappa shape index (κ3) is 6.49. The highest BCUT2D eigenvalue weighted by Gasteiger charge is 2.25. The van der Waals surface area contributed by atoms with Gasteiger partial charge in [-0.2, -0.15) is 4.31 Å². The van der Waals surface area contributed by atoms with E-state index in [9.17, 15) is 22.4 Å². The zero-order valence-electron chi connectivity index (χ0n) is 18.8. The molecule has 3 aromatic carbocycles. The van der Waals surface area contributed by atoms with Crippen molar-refractivity contribution in [1.29, 1.82) is 0 Å². The largest absolute Gasteiger partial charge is 0.462 e. The highest BCUT2D eigenvalue weighted by molar-refractivity contribution is 7.89. The number of hydrogen-bond acceptors (Lipinski definition) is 5. The van der Waals surface area contributed by atoms with Crippen LogP contribution in [0.4, 0.5) is 10.1 Å². The Hall–Kier alpha value is -3.56. The van der Waals surface area contributed by atoms with E-state index in [1.807, 2.05) is 0 Å². The van der Waals surface area contributed by atoms with Gasteiger partial charge in [0.15, 0.2) is 0 Å². The summed E-state index contributed by atoms with van der Waals surface area (Å²) in [6.07, 6.45) is 0. The van der Waals surface area contributed by atoms with E-state index < -0.39 is 21.8 Å². The predicted octanol–water partition coefficient (Wildman–Crippen LogP) is 4.35. The molecule has 0 aromatic heterocycles. The maximum absolute atomic E-state index is 13.5. The molecule has 3 rings (SSSR count). The second kappa shape index (κ2) is 11.0. The predicted molar refractivity (Wildman–Crippen MR) is 126 cm³/mol. The Morgan fingerprint density at radius 3 is 1.91 bits per heavy atom. The van der Waals surface area contributed by atoms with Gasteiger partial charge in [-0.1, -0.05) is 24.3 Å². The number of sulfonamides is 1. The first-order valence-corrected chi connectivity index (χ1v) is 12.0. The topological polar surface area (TPSA) is 92.8 Å². The van der Waals surface area contributed by atoms with Gasteiger partial charge < -0.3 is 10.1 Å². The fraction of sp³-hybridized carbons (Fsp3) is 0.200. The minimum Gasteiger partial charge on any atom is -0.462 e. The number of nitrogens with zero attached hydrogens (tertiary/aromatic N) is 1. The first-order chi connectivity index (χ1) is 16.2. The van der Waals surface area contributed by atoms with Gasteiger partial charge in [-0.3, -0.25) is 4.79 Å². The van der Waals surface area contributed by atoms with Crippen LogP contribution in [0.3, 0.4) is 0 Å². The Morgan fingerprint density at radius 2 is 1.41 bits per heavy atom. The van der Waals surface area contributed by atoms with Gasteiger partial charge in [0, 0.05) is 25.7 Å². The van der Waals surface area contributed by atoms with Gasteiger partial charge in [0.2, 0.25) is 15.9 Å². The maximum Gasteiger partial charge on any atom is 0.338 e. The number of carbonyl (C=O) groups excluding carboxylic acids is 2. The summed E-state index contributed by atoms with van der Waals surface area (Å²) >= 11 is 0. The van der Waals surface area contributed by atoms with Crippen LogP contribution in [0.1, 0.15) is 35.3 Å². The highest BCUT2D eigenvalue weighted by atomic mass is 32.2. The number of anilines is 1. The molecule has 0 saturated heterocycles. The normalized spacial score (nSPS) is 11.3. The molecule has 0 aliphatic heterocycles. The average Bonchev–Trinajstić information content (AvgIpc) is 2.80. The Morgan fingerprint density at radius 1 is 0.882 bits per heavy atom. The van der Waals surface area contributed by atoms with E-state index >= 15 is 0 Å². The summed E-state index contributed by atoms with van der Waals surface area (Å²) in [7, 11) is -3.95. The molecule has 34 heavy (non-hydrogen) atoms. The van der Waals surface area contributed by atoms with E-state index in [0.29, 0.717) is 22.4 Å². The molecule has 1 amide bonds. The molecule has 0 saturated carbocycles. The smallest absolute Gasteiger partial charge is 0.338 e. The standard InChI is InChI=1S/C25H25FN2O5S/c1-3-33-25(30)21-8-4-19(5-9-21)16-28(17-20-6-10-22(26)11-7-20)34(31,32)24-14-12-23(13-15-24)27-18(2)29/h4-15H,3,16-17H2,1-2H3,(H,27,29). The lowest BCUT2D eigenvalue weighted by atomic mass is 10.1. The number of carbonyl (C=O) groups is 2. The molecule has 9 heteroatoms. The van der Waals surface area contributed by atoms with Crippen LogP contribution in [-0.2, 0) is 32.6 Å².